The van der Waals surface area contributed by atoms with Gasteiger partial charge in [0.1, 0.15) is 6.10 Å². The summed E-state index contributed by atoms with van der Waals surface area (Å²) >= 11 is 0. The Bertz CT molecular complexity index is 467. The molecule has 0 saturated carbocycles. The summed E-state index contributed by atoms with van der Waals surface area (Å²) < 4.78 is 28.7. The monoisotopic (exact) mass is 306 g/mol. The van der Waals surface area contributed by atoms with Crippen molar-refractivity contribution < 1.29 is 17.9 Å². The van der Waals surface area contributed by atoms with E-state index in [1.54, 1.807) is 0 Å². The van der Waals surface area contributed by atoms with Crippen LogP contribution in [0.1, 0.15) is 40.5 Å². The van der Waals surface area contributed by atoms with Crippen molar-refractivity contribution in [1.29, 1.82) is 0 Å². The molecule has 0 radical (unpaired) electrons. The van der Waals surface area contributed by atoms with Gasteiger partial charge < -0.3 is 4.74 Å². The number of rotatable bonds is 2. The molecule has 20 heavy (non-hydrogen) atoms. The molecule has 1 heterocycles. The maximum Gasteiger partial charge on any atom is 0.423 e. The average Bonchev–Trinajstić information content (AvgIpc) is 2.22. The van der Waals surface area contributed by atoms with E-state index in [2.05, 4.69) is 39.6 Å². The lowest BCUT2D eigenvalue weighted by Crippen LogP contribution is -2.60. The molecule has 1 saturated heterocycles. The highest BCUT2D eigenvalue weighted by atomic mass is 32.2. The first-order valence-electron chi connectivity index (χ1n) is 6.66. The van der Waals surface area contributed by atoms with E-state index in [1.807, 2.05) is 0 Å². The Morgan fingerprint density at radius 2 is 1.60 bits per heavy atom. The molecule has 1 amide bonds. The topological polar surface area (TPSA) is 66.9 Å². The molecule has 1 fully saturated rings. The molecule has 1 aliphatic rings. The Labute approximate surface area is 122 Å². The zero-order valence-corrected chi connectivity index (χ0v) is 14.2. The fourth-order valence-electron chi connectivity index (χ4n) is 2.72. The number of amides is 1. The van der Waals surface area contributed by atoms with Gasteiger partial charge in [-0.05, 0) is 34.7 Å². The number of ether oxygens (including phenoxy) is 1. The van der Waals surface area contributed by atoms with Crippen LogP contribution in [0.2, 0.25) is 0 Å². The smallest absolute Gasteiger partial charge is 0.423 e. The Morgan fingerprint density at radius 3 is 1.95 bits per heavy atom. The van der Waals surface area contributed by atoms with E-state index in [1.165, 1.54) is 7.05 Å². The third-order valence-electron chi connectivity index (χ3n) is 4.29. The summed E-state index contributed by atoms with van der Waals surface area (Å²) in [6.07, 6.45) is 1.24. The van der Waals surface area contributed by atoms with Gasteiger partial charge in [0.15, 0.2) is 0 Å². The second-order valence-corrected chi connectivity index (χ2v) is 8.84. The summed E-state index contributed by atoms with van der Waals surface area (Å²) in [5, 5.41) is 0. The molecule has 1 aliphatic heterocycles. The van der Waals surface area contributed by atoms with Crippen LogP contribution in [0.3, 0.4) is 0 Å². The summed E-state index contributed by atoms with van der Waals surface area (Å²) in [4.78, 5) is 14.1. The predicted molar refractivity (Wildman–Crippen MR) is 78.0 cm³/mol. The van der Waals surface area contributed by atoms with Crippen LogP contribution in [0, 0.1) is 0 Å². The number of likely N-dealkylation sites (tertiary alicyclic amines) is 1. The van der Waals surface area contributed by atoms with E-state index < -0.39 is 16.1 Å². The number of hydrogen-bond donors (Lipinski definition) is 0. The fourth-order valence-corrected chi connectivity index (χ4v) is 3.03. The van der Waals surface area contributed by atoms with Crippen LogP contribution in [0.25, 0.3) is 0 Å². The molecule has 118 valence electrons. The molecule has 6 nitrogen and oxygen atoms in total. The molecule has 7 heteroatoms. The molecule has 0 aromatic carbocycles. The lowest BCUT2D eigenvalue weighted by atomic mass is 9.79. The Balaban J connectivity index is 2.82. The minimum atomic E-state index is -3.57. The van der Waals surface area contributed by atoms with Crippen molar-refractivity contribution in [2.24, 2.45) is 0 Å². The lowest BCUT2D eigenvalue weighted by molar-refractivity contribution is -0.0701. The standard InChI is InChI=1S/C13H26N2O4S/c1-12(2)8-10(9-13(3,4)15(12)6)19-11(16)14(5)20(7,17)18/h10H,8-9H2,1-7H3. The number of carbonyl (C=O) groups excluding carboxylic acids is 1. The van der Waals surface area contributed by atoms with Gasteiger partial charge in [-0.25, -0.2) is 17.5 Å². The molecule has 0 aromatic heterocycles. The molecule has 0 atom stereocenters. The van der Waals surface area contributed by atoms with E-state index in [4.69, 9.17) is 4.74 Å². The summed E-state index contributed by atoms with van der Waals surface area (Å²) in [6.45, 7) is 8.37. The predicted octanol–water partition coefficient (Wildman–Crippen LogP) is 1.67. The van der Waals surface area contributed by atoms with Crippen LogP contribution >= 0.6 is 0 Å². The van der Waals surface area contributed by atoms with Crippen LogP contribution in [0.5, 0.6) is 0 Å². The maximum absolute atomic E-state index is 11.9. The zero-order chi connectivity index (χ0) is 15.9. The van der Waals surface area contributed by atoms with Crippen molar-refractivity contribution >= 4 is 16.1 Å². The van der Waals surface area contributed by atoms with Gasteiger partial charge in [-0.1, -0.05) is 0 Å². The van der Waals surface area contributed by atoms with Crippen LogP contribution in [-0.2, 0) is 14.8 Å². The molecular weight excluding hydrogens is 280 g/mol. The van der Waals surface area contributed by atoms with Crippen molar-refractivity contribution in [3.63, 3.8) is 0 Å². The van der Waals surface area contributed by atoms with Gasteiger partial charge in [-0.3, -0.25) is 4.90 Å². The van der Waals surface area contributed by atoms with Crippen LogP contribution in [-0.4, -0.2) is 61.2 Å². The molecule has 0 aromatic rings. The van der Waals surface area contributed by atoms with Crippen molar-refractivity contribution in [2.75, 3.05) is 20.4 Å². The van der Waals surface area contributed by atoms with Gasteiger partial charge >= 0.3 is 6.09 Å². The van der Waals surface area contributed by atoms with Gasteiger partial charge in [-0.15, -0.1) is 0 Å². The first-order valence-corrected chi connectivity index (χ1v) is 8.51. The van der Waals surface area contributed by atoms with Crippen molar-refractivity contribution in [3.05, 3.63) is 0 Å². The first-order chi connectivity index (χ1) is 8.77. The van der Waals surface area contributed by atoms with Crippen LogP contribution < -0.4 is 0 Å². The van der Waals surface area contributed by atoms with E-state index in [-0.39, 0.29) is 17.2 Å². The minimum Gasteiger partial charge on any atom is -0.445 e. The van der Waals surface area contributed by atoms with Crippen molar-refractivity contribution in [3.8, 4) is 0 Å². The van der Waals surface area contributed by atoms with Gasteiger partial charge in [0.25, 0.3) is 0 Å². The van der Waals surface area contributed by atoms with E-state index >= 15 is 0 Å². The highest BCUT2D eigenvalue weighted by molar-refractivity contribution is 7.88. The minimum absolute atomic E-state index is 0.115. The van der Waals surface area contributed by atoms with E-state index in [0.29, 0.717) is 17.1 Å². The molecule has 0 aliphatic carbocycles. The van der Waals surface area contributed by atoms with Crippen molar-refractivity contribution in [2.45, 2.75) is 57.7 Å². The Kier molecular flexibility index (Phi) is 4.46. The number of hydrogen-bond acceptors (Lipinski definition) is 5. The SMILES string of the molecule is CN1C(C)(C)CC(OC(=O)N(C)S(C)(=O)=O)CC1(C)C. The second kappa shape index (κ2) is 5.18. The highest BCUT2D eigenvalue weighted by Crippen LogP contribution is 2.38. The van der Waals surface area contributed by atoms with Gasteiger partial charge in [0.2, 0.25) is 10.0 Å². The zero-order valence-electron chi connectivity index (χ0n) is 13.4. The van der Waals surface area contributed by atoms with Crippen LogP contribution in [0.4, 0.5) is 4.79 Å². The second-order valence-electron chi connectivity index (χ2n) is 6.83. The number of nitrogens with zero attached hydrogens (tertiary/aromatic N) is 2. The lowest BCUT2D eigenvalue weighted by Gasteiger charge is -2.53. The molecule has 1 rings (SSSR count). The van der Waals surface area contributed by atoms with Crippen molar-refractivity contribution in [1.82, 2.24) is 9.21 Å². The number of piperidine rings is 1. The Morgan fingerprint density at radius 1 is 1.20 bits per heavy atom. The summed E-state index contributed by atoms with van der Waals surface area (Å²) in [5.74, 6) is 0. The largest absolute Gasteiger partial charge is 0.445 e. The van der Waals surface area contributed by atoms with Gasteiger partial charge in [-0.2, -0.15) is 0 Å². The molecular formula is C13H26N2O4S. The number of carbonyl (C=O) groups is 1. The molecule has 0 N–H and O–H groups in total. The molecule has 0 bridgehead atoms. The van der Waals surface area contributed by atoms with E-state index in [0.717, 1.165) is 6.26 Å². The third-order valence-corrected chi connectivity index (χ3v) is 5.44. The first kappa shape index (κ1) is 17.2. The molecule has 0 unspecified atom stereocenters. The maximum atomic E-state index is 11.9. The van der Waals surface area contributed by atoms with Gasteiger partial charge in [0, 0.05) is 31.0 Å². The quantitative estimate of drug-likeness (QED) is 0.776. The fraction of sp³-hybridized carbons (Fsp3) is 0.923. The van der Waals surface area contributed by atoms with Gasteiger partial charge in [0.05, 0.1) is 6.26 Å². The summed E-state index contributed by atoms with van der Waals surface area (Å²) in [5.41, 5.74) is -0.229. The summed E-state index contributed by atoms with van der Waals surface area (Å²) in [6, 6.07) is 0. The Hall–Kier alpha value is -0.820. The van der Waals surface area contributed by atoms with E-state index in [9.17, 15) is 13.2 Å². The average molecular weight is 306 g/mol. The third kappa shape index (κ3) is 3.63. The summed E-state index contributed by atoms with van der Waals surface area (Å²) in [7, 11) is -0.305. The number of sulfonamides is 1. The normalized spacial score (nSPS) is 23.4. The van der Waals surface area contributed by atoms with Crippen LogP contribution in [0.15, 0.2) is 0 Å². The molecule has 0 spiro atoms. The highest BCUT2D eigenvalue weighted by Gasteiger charge is 2.44.